The van der Waals surface area contributed by atoms with Crippen molar-refractivity contribution >= 4 is 5.91 Å². The van der Waals surface area contributed by atoms with Crippen LogP contribution < -0.4 is 5.32 Å². The van der Waals surface area contributed by atoms with E-state index < -0.39 is 23.1 Å². The van der Waals surface area contributed by atoms with Gasteiger partial charge in [0, 0.05) is 6.54 Å². The Morgan fingerprint density at radius 2 is 1.93 bits per heavy atom. The predicted molar refractivity (Wildman–Crippen MR) is 49.0 cm³/mol. The zero-order valence-corrected chi connectivity index (χ0v) is 7.81. The topological polar surface area (TPSA) is 29.1 Å². The van der Waals surface area contributed by atoms with Gasteiger partial charge in [-0.2, -0.15) is 0 Å². The Kier molecular flexibility index (Phi) is 3.56. The molecule has 1 amide bonds. The third-order valence-corrected chi connectivity index (χ3v) is 1.73. The summed E-state index contributed by atoms with van der Waals surface area (Å²) in [5, 5.41) is 2.41. The predicted octanol–water partition coefficient (Wildman–Crippen LogP) is 2.10. The summed E-state index contributed by atoms with van der Waals surface area (Å²) in [5.74, 6) is -2.38. The Bertz CT molecular complexity index is 319. The Balaban J connectivity index is 2.89. The van der Waals surface area contributed by atoms with Gasteiger partial charge >= 0.3 is 0 Å². The maximum atomic E-state index is 13.0. The van der Waals surface area contributed by atoms with Crippen molar-refractivity contribution in [2.75, 3.05) is 6.54 Å². The van der Waals surface area contributed by atoms with Gasteiger partial charge in [-0.25, -0.2) is 8.78 Å². The summed E-state index contributed by atoms with van der Waals surface area (Å²) in [5.41, 5.74) is -0.513. The second kappa shape index (κ2) is 4.69. The number of halogens is 2. The molecule has 0 radical (unpaired) electrons. The number of nitrogens with one attached hydrogen (secondary N) is 1. The van der Waals surface area contributed by atoms with Crippen LogP contribution in [-0.2, 0) is 0 Å². The van der Waals surface area contributed by atoms with E-state index in [9.17, 15) is 13.6 Å². The molecule has 0 aliphatic heterocycles. The minimum atomic E-state index is -0.835. The molecule has 0 unspecified atom stereocenters. The van der Waals surface area contributed by atoms with Crippen LogP contribution in [0.5, 0.6) is 0 Å². The summed E-state index contributed by atoms with van der Waals surface area (Å²) in [4.78, 5) is 11.3. The molecular weight excluding hydrogens is 188 g/mol. The van der Waals surface area contributed by atoms with E-state index in [-0.39, 0.29) is 0 Å². The van der Waals surface area contributed by atoms with Gasteiger partial charge in [0.15, 0.2) is 0 Å². The van der Waals surface area contributed by atoms with Crippen LogP contribution in [0.2, 0.25) is 0 Å². The van der Waals surface area contributed by atoms with Gasteiger partial charge in [-0.1, -0.05) is 13.0 Å². The Morgan fingerprint density at radius 1 is 1.36 bits per heavy atom. The Labute approximate surface area is 80.9 Å². The fourth-order valence-corrected chi connectivity index (χ4v) is 1.04. The molecule has 0 aromatic heterocycles. The van der Waals surface area contributed by atoms with Gasteiger partial charge in [-0.3, -0.25) is 4.79 Å². The molecule has 0 heterocycles. The molecular formula is C10H11F2NO. The van der Waals surface area contributed by atoms with Crippen molar-refractivity contribution in [1.82, 2.24) is 5.32 Å². The summed E-state index contributed by atoms with van der Waals surface area (Å²) < 4.78 is 26.1. The van der Waals surface area contributed by atoms with Gasteiger partial charge in [-0.05, 0) is 18.6 Å². The van der Waals surface area contributed by atoms with Crippen LogP contribution in [0.3, 0.4) is 0 Å². The SMILES string of the molecule is CCCNC(=O)c1c(F)cccc1F. The molecule has 1 N–H and O–H groups in total. The van der Waals surface area contributed by atoms with Crippen molar-refractivity contribution in [3.63, 3.8) is 0 Å². The smallest absolute Gasteiger partial charge is 0.257 e. The van der Waals surface area contributed by atoms with Crippen LogP contribution in [0.1, 0.15) is 23.7 Å². The van der Waals surface area contributed by atoms with Crippen LogP contribution in [0.15, 0.2) is 18.2 Å². The highest BCUT2D eigenvalue weighted by molar-refractivity contribution is 5.94. The average molecular weight is 199 g/mol. The molecule has 2 nitrogen and oxygen atoms in total. The lowest BCUT2D eigenvalue weighted by atomic mass is 10.2. The lowest BCUT2D eigenvalue weighted by Crippen LogP contribution is -2.26. The van der Waals surface area contributed by atoms with E-state index in [1.54, 1.807) is 0 Å². The molecule has 1 rings (SSSR count). The molecule has 0 spiro atoms. The van der Waals surface area contributed by atoms with Crippen LogP contribution in [-0.4, -0.2) is 12.5 Å². The lowest BCUT2D eigenvalue weighted by Gasteiger charge is -2.05. The van der Waals surface area contributed by atoms with Crippen LogP contribution in [0.25, 0.3) is 0 Å². The quantitative estimate of drug-likeness (QED) is 0.793. The number of hydrogen-bond donors (Lipinski definition) is 1. The largest absolute Gasteiger partial charge is 0.352 e. The van der Waals surface area contributed by atoms with E-state index >= 15 is 0 Å². The molecule has 0 atom stereocenters. The van der Waals surface area contributed by atoms with Crippen LogP contribution in [0.4, 0.5) is 8.78 Å². The summed E-state index contributed by atoms with van der Waals surface area (Å²) in [7, 11) is 0. The van der Waals surface area contributed by atoms with E-state index in [2.05, 4.69) is 5.32 Å². The first-order valence-electron chi connectivity index (χ1n) is 4.39. The molecule has 0 bridgehead atoms. The van der Waals surface area contributed by atoms with E-state index in [1.165, 1.54) is 6.07 Å². The maximum absolute atomic E-state index is 13.0. The van der Waals surface area contributed by atoms with E-state index in [0.717, 1.165) is 18.6 Å². The monoisotopic (exact) mass is 199 g/mol. The molecule has 1 aromatic carbocycles. The molecule has 0 saturated heterocycles. The molecule has 0 aliphatic rings. The first-order valence-corrected chi connectivity index (χ1v) is 4.39. The van der Waals surface area contributed by atoms with Gasteiger partial charge in [0.25, 0.3) is 5.91 Å². The van der Waals surface area contributed by atoms with E-state index in [4.69, 9.17) is 0 Å². The third-order valence-electron chi connectivity index (χ3n) is 1.73. The van der Waals surface area contributed by atoms with Gasteiger partial charge in [0.2, 0.25) is 0 Å². The fraction of sp³-hybridized carbons (Fsp3) is 0.300. The molecule has 4 heteroatoms. The molecule has 14 heavy (non-hydrogen) atoms. The number of carbonyl (C=O) groups is 1. The summed E-state index contributed by atoms with van der Waals surface area (Å²) in [6.45, 7) is 2.27. The molecule has 1 aromatic rings. The number of amides is 1. The Morgan fingerprint density at radius 3 is 2.43 bits per heavy atom. The van der Waals surface area contributed by atoms with Crippen molar-refractivity contribution in [1.29, 1.82) is 0 Å². The minimum Gasteiger partial charge on any atom is -0.352 e. The third kappa shape index (κ3) is 2.28. The number of carbonyl (C=O) groups excluding carboxylic acids is 1. The van der Waals surface area contributed by atoms with Crippen molar-refractivity contribution in [3.8, 4) is 0 Å². The van der Waals surface area contributed by atoms with Crippen LogP contribution in [0, 0.1) is 11.6 Å². The normalized spacial score (nSPS) is 9.93. The molecule has 0 aliphatic carbocycles. The summed E-state index contributed by atoms with van der Waals surface area (Å²) >= 11 is 0. The van der Waals surface area contributed by atoms with Crippen LogP contribution >= 0.6 is 0 Å². The van der Waals surface area contributed by atoms with Crippen molar-refractivity contribution < 1.29 is 13.6 Å². The number of benzene rings is 1. The van der Waals surface area contributed by atoms with Crippen molar-refractivity contribution in [2.45, 2.75) is 13.3 Å². The highest BCUT2D eigenvalue weighted by Crippen LogP contribution is 2.11. The standard InChI is InChI=1S/C10H11F2NO/c1-2-6-13-10(14)9-7(11)4-3-5-8(9)12/h3-5H,2,6H2,1H3,(H,13,14). The highest BCUT2D eigenvalue weighted by atomic mass is 19.1. The summed E-state index contributed by atoms with van der Waals surface area (Å²) in [6.07, 6.45) is 0.724. The van der Waals surface area contributed by atoms with Crippen molar-refractivity contribution in [3.05, 3.63) is 35.4 Å². The second-order valence-electron chi connectivity index (χ2n) is 2.85. The first-order chi connectivity index (χ1) is 6.66. The molecule has 0 fully saturated rings. The summed E-state index contributed by atoms with van der Waals surface area (Å²) in [6, 6.07) is 3.34. The van der Waals surface area contributed by atoms with E-state index in [1.807, 2.05) is 6.92 Å². The molecule has 76 valence electrons. The lowest BCUT2D eigenvalue weighted by molar-refractivity contribution is 0.0945. The number of rotatable bonds is 3. The average Bonchev–Trinajstić information content (AvgIpc) is 2.14. The zero-order chi connectivity index (χ0) is 10.6. The number of hydrogen-bond acceptors (Lipinski definition) is 1. The van der Waals surface area contributed by atoms with Gasteiger partial charge in [0.1, 0.15) is 17.2 Å². The second-order valence-corrected chi connectivity index (χ2v) is 2.85. The fourth-order valence-electron chi connectivity index (χ4n) is 1.04. The minimum absolute atomic E-state index is 0.409. The Hall–Kier alpha value is -1.45. The van der Waals surface area contributed by atoms with E-state index in [0.29, 0.717) is 6.54 Å². The van der Waals surface area contributed by atoms with Crippen molar-refractivity contribution in [2.24, 2.45) is 0 Å². The van der Waals surface area contributed by atoms with Gasteiger partial charge in [0.05, 0.1) is 0 Å². The van der Waals surface area contributed by atoms with Gasteiger partial charge in [-0.15, -0.1) is 0 Å². The zero-order valence-electron chi connectivity index (χ0n) is 7.81. The maximum Gasteiger partial charge on any atom is 0.257 e. The van der Waals surface area contributed by atoms with Gasteiger partial charge < -0.3 is 5.32 Å². The first kappa shape index (κ1) is 10.6. The highest BCUT2D eigenvalue weighted by Gasteiger charge is 2.15. The molecule has 0 saturated carbocycles.